The third-order valence-corrected chi connectivity index (χ3v) is 5.35. The minimum Gasteiger partial charge on any atom is -0.497 e. The molecule has 0 amide bonds. The van der Waals surface area contributed by atoms with Gasteiger partial charge in [-0.1, -0.05) is 36.5 Å². The quantitative estimate of drug-likeness (QED) is 0.438. The summed E-state index contributed by atoms with van der Waals surface area (Å²) in [6.45, 7) is 3.97. The molecule has 1 aromatic heterocycles. The van der Waals surface area contributed by atoms with Gasteiger partial charge in [-0.25, -0.2) is 9.78 Å². The third kappa shape index (κ3) is 6.27. The second-order valence-corrected chi connectivity index (χ2v) is 7.42. The van der Waals surface area contributed by atoms with Gasteiger partial charge in [-0.05, 0) is 38.1 Å². The number of aromatic nitrogens is 1. The van der Waals surface area contributed by atoms with Crippen LogP contribution in [-0.2, 0) is 4.74 Å². The molecule has 0 bridgehead atoms. The summed E-state index contributed by atoms with van der Waals surface area (Å²) >= 11 is 6.13. The summed E-state index contributed by atoms with van der Waals surface area (Å²) in [6, 6.07) is 15.0. The van der Waals surface area contributed by atoms with E-state index in [1.54, 1.807) is 21.1 Å². The summed E-state index contributed by atoms with van der Waals surface area (Å²) in [5.41, 5.74) is 7.87. The van der Waals surface area contributed by atoms with Crippen LogP contribution in [0.15, 0.2) is 48.5 Å². The van der Waals surface area contributed by atoms with E-state index in [9.17, 15) is 4.79 Å². The normalized spacial score (nSPS) is 9.87. The van der Waals surface area contributed by atoms with Crippen molar-refractivity contribution in [1.82, 2.24) is 4.98 Å². The highest BCUT2D eigenvalue weighted by molar-refractivity contribution is 7.80. The largest absolute Gasteiger partial charge is 0.497 e. The smallest absolute Gasteiger partial charge is 0.350 e. The number of thiazole rings is 1. The van der Waals surface area contributed by atoms with Gasteiger partial charge in [-0.2, -0.15) is 0 Å². The lowest BCUT2D eigenvalue weighted by atomic mass is 10.2. The zero-order valence-corrected chi connectivity index (χ0v) is 18.9. The number of methoxy groups -OCH3 is 2. The molecule has 158 valence electrons. The molecule has 0 saturated heterocycles. The lowest BCUT2D eigenvalue weighted by molar-refractivity contribution is 0.0531. The first-order chi connectivity index (χ1) is 14.4. The molecule has 0 spiro atoms. The van der Waals surface area contributed by atoms with Crippen LogP contribution in [0.1, 0.15) is 27.9 Å². The van der Waals surface area contributed by atoms with Crippen molar-refractivity contribution in [1.29, 1.82) is 0 Å². The van der Waals surface area contributed by atoms with Crippen LogP contribution in [-0.4, -0.2) is 36.8 Å². The lowest BCUT2D eigenvalue weighted by Gasteiger charge is -2.01. The number of esters is 1. The first-order valence-corrected chi connectivity index (χ1v) is 10.3. The van der Waals surface area contributed by atoms with E-state index in [1.165, 1.54) is 11.3 Å². The van der Waals surface area contributed by atoms with Crippen LogP contribution in [0.25, 0.3) is 10.6 Å². The van der Waals surface area contributed by atoms with Gasteiger partial charge >= 0.3 is 5.97 Å². The van der Waals surface area contributed by atoms with Gasteiger partial charge in [-0.15, -0.1) is 11.3 Å². The zero-order valence-electron chi connectivity index (χ0n) is 17.3. The molecule has 2 N–H and O–H groups in total. The molecule has 1 heterocycles. The van der Waals surface area contributed by atoms with E-state index < -0.39 is 0 Å². The Morgan fingerprint density at radius 3 is 2.33 bits per heavy atom. The Bertz CT molecular complexity index is 1020. The Labute approximate surface area is 185 Å². The van der Waals surface area contributed by atoms with E-state index in [2.05, 4.69) is 4.98 Å². The molecule has 0 radical (unpaired) electrons. The zero-order chi connectivity index (χ0) is 22.1. The van der Waals surface area contributed by atoms with E-state index in [0.29, 0.717) is 22.2 Å². The van der Waals surface area contributed by atoms with Crippen LogP contribution in [0.3, 0.4) is 0 Å². The Hall–Kier alpha value is -2.97. The van der Waals surface area contributed by atoms with Gasteiger partial charge < -0.3 is 19.9 Å². The number of aryl methyl sites for hydroxylation is 1. The van der Waals surface area contributed by atoms with Crippen LogP contribution in [0.2, 0.25) is 0 Å². The molecule has 30 heavy (non-hydrogen) atoms. The van der Waals surface area contributed by atoms with Gasteiger partial charge in [0.25, 0.3) is 0 Å². The molecule has 3 rings (SSSR count). The molecule has 0 atom stereocenters. The summed E-state index contributed by atoms with van der Waals surface area (Å²) in [4.78, 5) is 17.1. The van der Waals surface area contributed by atoms with Crippen LogP contribution < -0.4 is 15.2 Å². The van der Waals surface area contributed by atoms with Crippen molar-refractivity contribution >= 4 is 34.5 Å². The van der Waals surface area contributed by atoms with Crippen molar-refractivity contribution in [2.45, 2.75) is 13.8 Å². The second-order valence-electron chi connectivity index (χ2n) is 5.98. The Kier molecular flexibility index (Phi) is 8.76. The number of carbonyl (C=O) groups excluding carboxylic acids is 1. The number of benzene rings is 2. The molecule has 0 unspecified atom stereocenters. The fourth-order valence-corrected chi connectivity index (χ4v) is 3.52. The van der Waals surface area contributed by atoms with Crippen molar-refractivity contribution in [3.05, 3.63) is 64.7 Å². The molecule has 0 aliphatic carbocycles. The van der Waals surface area contributed by atoms with E-state index in [1.807, 2.05) is 55.5 Å². The summed E-state index contributed by atoms with van der Waals surface area (Å²) in [7, 11) is 3.23. The topological polar surface area (TPSA) is 83.7 Å². The van der Waals surface area contributed by atoms with Crippen molar-refractivity contribution < 1.29 is 19.0 Å². The number of nitrogens with two attached hydrogens (primary N) is 1. The molecule has 8 heteroatoms. The molecular weight excluding hydrogens is 420 g/mol. The lowest BCUT2D eigenvalue weighted by Crippen LogP contribution is -2.08. The highest BCUT2D eigenvalue weighted by Gasteiger charge is 2.17. The Morgan fingerprint density at radius 2 is 1.73 bits per heavy atom. The Balaban J connectivity index is 0.000000248. The Morgan fingerprint density at radius 1 is 1.10 bits per heavy atom. The van der Waals surface area contributed by atoms with Gasteiger partial charge in [0.15, 0.2) is 0 Å². The van der Waals surface area contributed by atoms with E-state index in [4.69, 9.17) is 32.2 Å². The minimum absolute atomic E-state index is 0.313. The van der Waals surface area contributed by atoms with Crippen LogP contribution in [0.5, 0.6) is 11.5 Å². The average Bonchev–Trinajstić information content (AvgIpc) is 3.16. The summed E-state index contributed by atoms with van der Waals surface area (Å²) in [5, 5.41) is 0.791. The molecule has 2 aromatic carbocycles. The first-order valence-electron chi connectivity index (χ1n) is 9.12. The van der Waals surface area contributed by atoms with Gasteiger partial charge in [0.05, 0.1) is 26.5 Å². The molecule has 0 aliphatic heterocycles. The summed E-state index contributed by atoms with van der Waals surface area (Å²) in [6.07, 6.45) is 0. The molecular formula is C22H24N2O4S2. The number of ether oxygens (including phenoxy) is 3. The van der Waals surface area contributed by atoms with E-state index in [0.717, 1.165) is 27.6 Å². The van der Waals surface area contributed by atoms with Crippen LogP contribution >= 0.6 is 23.6 Å². The molecule has 0 fully saturated rings. The van der Waals surface area contributed by atoms with Gasteiger partial charge in [0, 0.05) is 11.1 Å². The highest BCUT2D eigenvalue weighted by Crippen LogP contribution is 2.30. The van der Waals surface area contributed by atoms with Crippen LogP contribution in [0.4, 0.5) is 0 Å². The highest BCUT2D eigenvalue weighted by atomic mass is 32.1. The second kappa shape index (κ2) is 11.3. The average molecular weight is 445 g/mol. The standard InChI is InChI=1S/C14H15NO3S.C8H9NOS/c1-4-18-14(16)12-9(2)15-13(19-12)10-6-5-7-11(8-10)17-3;1-10-7-4-2-3-6(5-7)8(9)11/h5-8H,4H2,1-3H3;2-5H,1H3,(H2,9,11). The minimum atomic E-state index is -0.313. The van der Waals surface area contributed by atoms with E-state index in [-0.39, 0.29) is 5.97 Å². The number of hydrogen-bond acceptors (Lipinski definition) is 7. The number of rotatable bonds is 6. The fraction of sp³-hybridized carbons (Fsp3) is 0.227. The van der Waals surface area contributed by atoms with E-state index >= 15 is 0 Å². The molecule has 0 saturated carbocycles. The maximum absolute atomic E-state index is 11.8. The summed E-state index contributed by atoms with van der Waals surface area (Å²) < 4.78 is 15.2. The number of hydrogen-bond donors (Lipinski definition) is 1. The number of nitrogens with zero attached hydrogens (tertiary/aromatic N) is 1. The number of thiocarbonyl (C=S) groups is 1. The molecule has 3 aromatic rings. The van der Waals surface area contributed by atoms with Crippen molar-refractivity contribution in [3.8, 4) is 22.1 Å². The van der Waals surface area contributed by atoms with Crippen molar-refractivity contribution in [2.24, 2.45) is 5.73 Å². The van der Waals surface area contributed by atoms with Gasteiger partial charge in [-0.3, -0.25) is 0 Å². The molecule has 6 nitrogen and oxygen atoms in total. The monoisotopic (exact) mass is 444 g/mol. The predicted molar refractivity (Wildman–Crippen MR) is 124 cm³/mol. The van der Waals surface area contributed by atoms with Crippen molar-refractivity contribution in [2.75, 3.05) is 20.8 Å². The third-order valence-electron chi connectivity index (χ3n) is 3.93. The summed E-state index contributed by atoms with van der Waals surface area (Å²) in [5.74, 6) is 1.23. The van der Waals surface area contributed by atoms with Crippen molar-refractivity contribution in [3.63, 3.8) is 0 Å². The first kappa shape index (κ1) is 23.3. The molecule has 0 aliphatic rings. The SMILES string of the molecule is CCOC(=O)c1sc(-c2cccc(OC)c2)nc1C.COc1cccc(C(N)=S)c1. The maximum Gasteiger partial charge on any atom is 0.350 e. The maximum atomic E-state index is 11.8. The predicted octanol–water partition coefficient (Wildman–Crippen LogP) is 4.63. The van der Waals surface area contributed by atoms with Gasteiger partial charge in [0.1, 0.15) is 26.4 Å². The van der Waals surface area contributed by atoms with Crippen LogP contribution in [0, 0.1) is 6.92 Å². The fourth-order valence-electron chi connectivity index (χ4n) is 2.44. The number of carbonyl (C=O) groups is 1. The van der Waals surface area contributed by atoms with Gasteiger partial charge in [0.2, 0.25) is 0 Å².